The van der Waals surface area contributed by atoms with E-state index in [0.29, 0.717) is 30.6 Å². The van der Waals surface area contributed by atoms with Crippen LogP contribution in [0.2, 0.25) is 0 Å². The van der Waals surface area contributed by atoms with Crippen LogP contribution in [0, 0.1) is 17.7 Å². The first-order valence-electron chi connectivity index (χ1n) is 8.01. The number of amides is 1. The fourth-order valence-electron chi connectivity index (χ4n) is 3.48. The lowest BCUT2D eigenvalue weighted by Gasteiger charge is -2.27. The highest BCUT2D eigenvalue weighted by Gasteiger charge is 2.43. The lowest BCUT2D eigenvalue weighted by Crippen LogP contribution is -2.37. The molecule has 0 aromatic heterocycles. The number of nitrogens with zero attached hydrogens (tertiary/aromatic N) is 2. The zero-order valence-electron chi connectivity index (χ0n) is 13.9. The minimum Gasteiger partial charge on any atom is -0.444 e. The summed E-state index contributed by atoms with van der Waals surface area (Å²) in [4.78, 5) is 16.2. The SMILES string of the molecule is CC(C)(C)OC(=O)N1CC2CN(c3ccc(F)cc3N)CC2C1. The summed E-state index contributed by atoms with van der Waals surface area (Å²) < 4.78 is 18.6. The molecule has 2 N–H and O–H groups in total. The second kappa shape index (κ2) is 5.58. The van der Waals surface area contributed by atoms with Gasteiger partial charge in [0.2, 0.25) is 0 Å². The van der Waals surface area contributed by atoms with Crippen molar-refractivity contribution in [1.82, 2.24) is 4.90 Å². The van der Waals surface area contributed by atoms with Gasteiger partial charge in [-0.3, -0.25) is 0 Å². The van der Waals surface area contributed by atoms with Crippen molar-refractivity contribution in [2.45, 2.75) is 26.4 Å². The van der Waals surface area contributed by atoms with Crippen LogP contribution >= 0.6 is 0 Å². The van der Waals surface area contributed by atoms with Gasteiger partial charge in [-0.1, -0.05) is 0 Å². The van der Waals surface area contributed by atoms with Gasteiger partial charge >= 0.3 is 6.09 Å². The van der Waals surface area contributed by atoms with Gasteiger partial charge in [0.05, 0.1) is 11.4 Å². The number of carbonyl (C=O) groups is 1. The van der Waals surface area contributed by atoms with Gasteiger partial charge in [0.1, 0.15) is 11.4 Å². The second-order valence-electron chi connectivity index (χ2n) is 7.51. The number of carbonyl (C=O) groups excluding carboxylic acids is 1. The average molecular weight is 321 g/mol. The number of nitrogens with two attached hydrogens (primary N) is 1. The van der Waals surface area contributed by atoms with Crippen LogP contribution in [-0.4, -0.2) is 42.8 Å². The predicted molar refractivity (Wildman–Crippen MR) is 87.8 cm³/mol. The number of halogens is 1. The van der Waals surface area contributed by atoms with Gasteiger partial charge in [-0.25, -0.2) is 9.18 Å². The molecule has 2 saturated heterocycles. The van der Waals surface area contributed by atoms with Gasteiger partial charge in [0, 0.05) is 38.0 Å². The van der Waals surface area contributed by atoms with Crippen molar-refractivity contribution in [2.75, 3.05) is 36.8 Å². The minimum atomic E-state index is -0.469. The number of hydrogen-bond acceptors (Lipinski definition) is 4. The van der Waals surface area contributed by atoms with Crippen LogP contribution in [0.15, 0.2) is 18.2 Å². The Bertz CT molecular complexity index is 600. The number of nitrogen functional groups attached to an aromatic ring is 1. The summed E-state index contributed by atoms with van der Waals surface area (Å²) in [6.07, 6.45) is -0.236. The largest absolute Gasteiger partial charge is 0.444 e. The molecule has 2 aliphatic rings. The first-order chi connectivity index (χ1) is 10.7. The van der Waals surface area contributed by atoms with Crippen LogP contribution in [0.1, 0.15) is 20.8 Å². The maximum Gasteiger partial charge on any atom is 0.410 e. The molecule has 2 fully saturated rings. The van der Waals surface area contributed by atoms with Crippen LogP contribution in [-0.2, 0) is 4.74 Å². The maximum atomic E-state index is 13.2. The Balaban J connectivity index is 1.62. The molecule has 0 spiro atoms. The third kappa shape index (κ3) is 3.35. The molecule has 0 radical (unpaired) electrons. The molecule has 6 heteroatoms. The number of benzene rings is 1. The van der Waals surface area contributed by atoms with Crippen LogP contribution in [0.3, 0.4) is 0 Å². The number of fused-ring (bicyclic) bond motifs is 1. The fourth-order valence-corrected chi connectivity index (χ4v) is 3.48. The summed E-state index contributed by atoms with van der Waals surface area (Å²) in [6.45, 7) is 8.70. The summed E-state index contributed by atoms with van der Waals surface area (Å²) in [5.74, 6) is 0.501. The first-order valence-corrected chi connectivity index (χ1v) is 8.01. The maximum absolute atomic E-state index is 13.2. The Morgan fingerprint density at radius 3 is 2.35 bits per heavy atom. The molecular formula is C17H24FN3O2. The Kier molecular flexibility index (Phi) is 3.86. The predicted octanol–water partition coefficient (Wildman–Crippen LogP) is 2.71. The quantitative estimate of drug-likeness (QED) is 0.808. The van der Waals surface area contributed by atoms with Crippen molar-refractivity contribution in [3.63, 3.8) is 0 Å². The topological polar surface area (TPSA) is 58.8 Å². The van der Waals surface area contributed by atoms with Crippen molar-refractivity contribution in [2.24, 2.45) is 11.8 Å². The fraction of sp³-hybridized carbons (Fsp3) is 0.588. The van der Waals surface area contributed by atoms with E-state index in [1.54, 1.807) is 11.0 Å². The van der Waals surface area contributed by atoms with Crippen molar-refractivity contribution in [3.8, 4) is 0 Å². The molecule has 1 aromatic rings. The number of ether oxygens (including phenoxy) is 1. The van der Waals surface area contributed by atoms with Crippen LogP contribution in [0.5, 0.6) is 0 Å². The first kappa shape index (κ1) is 15.9. The zero-order chi connectivity index (χ0) is 16.8. The zero-order valence-corrected chi connectivity index (χ0v) is 13.9. The Labute approximate surface area is 136 Å². The van der Waals surface area contributed by atoms with E-state index in [1.807, 2.05) is 20.8 Å². The third-order valence-electron chi connectivity index (χ3n) is 4.47. The van der Waals surface area contributed by atoms with Gasteiger partial charge in [-0.2, -0.15) is 0 Å². The van der Waals surface area contributed by atoms with Crippen molar-refractivity contribution < 1.29 is 13.9 Å². The number of rotatable bonds is 1. The molecular weight excluding hydrogens is 297 g/mol. The lowest BCUT2D eigenvalue weighted by molar-refractivity contribution is 0.0282. The molecule has 0 aliphatic carbocycles. The van der Waals surface area contributed by atoms with Gasteiger partial charge in [0.25, 0.3) is 0 Å². The van der Waals surface area contributed by atoms with Crippen LogP contribution in [0.4, 0.5) is 20.6 Å². The van der Waals surface area contributed by atoms with Crippen molar-refractivity contribution in [1.29, 1.82) is 0 Å². The van der Waals surface area contributed by atoms with Crippen molar-refractivity contribution >= 4 is 17.5 Å². The van der Waals surface area contributed by atoms with E-state index in [2.05, 4.69) is 4.90 Å². The Morgan fingerprint density at radius 2 is 1.83 bits per heavy atom. The van der Waals surface area contributed by atoms with E-state index >= 15 is 0 Å². The molecule has 1 aromatic carbocycles. The number of likely N-dealkylation sites (tertiary alicyclic amines) is 1. The molecule has 2 unspecified atom stereocenters. The van der Waals surface area contributed by atoms with E-state index in [1.165, 1.54) is 12.1 Å². The molecule has 2 atom stereocenters. The van der Waals surface area contributed by atoms with Gasteiger partial charge in [0.15, 0.2) is 0 Å². The van der Waals surface area contributed by atoms with E-state index in [4.69, 9.17) is 10.5 Å². The smallest absolute Gasteiger partial charge is 0.410 e. The Morgan fingerprint density at radius 1 is 1.22 bits per heavy atom. The molecule has 3 rings (SSSR count). The normalized spacial score (nSPS) is 24.0. The lowest BCUT2D eigenvalue weighted by atomic mass is 10.0. The number of hydrogen-bond donors (Lipinski definition) is 1. The summed E-state index contributed by atoms with van der Waals surface area (Å²) in [7, 11) is 0. The molecule has 2 aliphatic heterocycles. The number of anilines is 2. The van der Waals surface area contributed by atoms with Gasteiger partial charge in [-0.05, 0) is 39.0 Å². The van der Waals surface area contributed by atoms with E-state index in [9.17, 15) is 9.18 Å². The molecule has 126 valence electrons. The minimum absolute atomic E-state index is 0.236. The van der Waals surface area contributed by atoms with Crippen LogP contribution < -0.4 is 10.6 Å². The van der Waals surface area contributed by atoms with Gasteiger partial charge < -0.3 is 20.3 Å². The standard InChI is InChI=1S/C17H24FN3O2/c1-17(2,3)23-16(22)21-9-11-7-20(8-12(11)10-21)15-5-4-13(18)6-14(15)19/h4-6,11-12H,7-10,19H2,1-3H3. The highest BCUT2D eigenvalue weighted by atomic mass is 19.1. The average Bonchev–Trinajstić information content (AvgIpc) is 2.94. The molecule has 2 heterocycles. The molecule has 23 heavy (non-hydrogen) atoms. The summed E-state index contributed by atoms with van der Waals surface area (Å²) in [5, 5.41) is 0. The molecule has 0 bridgehead atoms. The van der Waals surface area contributed by atoms with Crippen LogP contribution in [0.25, 0.3) is 0 Å². The monoisotopic (exact) mass is 321 g/mol. The van der Waals surface area contributed by atoms with Gasteiger partial charge in [-0.15, -0.1) is 0 Å². The molecule has 5 nitrogen and oxygen atoms in total. The molecule has 1 amide bonds. The summed E-state index contributed by atoms with van der Waals surface area (Å²) >= 11 is 0. The van der Waals surface area contributed by atoms with E-state index < -0.39 is 5.60 Å². The highest BCUT2D eigenvalue weighted by Crippen LogP contribution is 2.36. The van der Waals surface area contributed by atoms with E-state index in [0.717, 1.165) is 18.8 Å². The third-order valence-corrected chi connectivity index (χ3v) is 4.47. The van der Waals surface area contributed by atoms with E-state index in [-0.39, 0.29) is 11.9 Å². The highest BCUT2D eigenvalue weighted by molar-refractivity contribution is 5.70. The molecule has 0 saturated carbocycles. The Hall–Kier alpha value is -1.98. The summed E-state index contributed by atoms with van der Waals surface area (Å²) in [5.41, 5.74) is 6.81. The second-order valence-corrected chi connectivity index (χ2v) is 7.51. The van der Waals surface area contributed by atoms with Crippen molar-refractivity contribution in [3.05, 3.63) is 24.0 Å². The summed E-state index contributed by atoms with van der Waals surface area (Å²) in [6, 6.07) is 4.53.